The van der Waals surface area contributed by atoms with Crippen molar-refractivity contribution in [1.29, 1.82) is 0 Å². The van der Waals surface area contributed by atoms with Crippen molar-refractivity contribution in [1.82, 2.24) is 14.5 Å². The predicted molar refractivity (Wildman–Crippen MR) is 269 cm³/mol. The first-order valence-electron chi connectivity index (χ1n) is 22.4. The summed E-state index contributed by atoms with van der Waals surface area (Å²) in [6.45, 7) is 20.0. The number of imidazole rings is 1. The molecule has 4 heteroatoms. The fraction of sp³-hybridized carbons (Fsp3) is 0.200. The molecule has 0 atom stereocenters. The van der Waals surface area contributed by atoms with Crippen molar-refractivity contribution in [3.63, 3.8) is 0 Å². The first-order chi connectivity index (χ1) is 30.5. The largest absolute Gasteiger partial charge is 0.507 e. The van der Waals surface area contributed by atoms with E-state index in [1.807, 2.05) is 30.5 Å². The Hall–Kier alpha value is -7.04. The second-order valence-electron chi connectivity index (χ2n) is 20.2. The second-order valence-corrected chi connectivity index (χ2v) is 20.2. The lowest BCUT2D eigenvalue weighted by atomic mass is 9.83. The van der Waals surface area contributed by atoms with Crippen LogP contribution in [0.25, 0.3) is 83.9 Å². The Bertz CT molecular complexity index is 3140. The highest BCUT2D eigenvalue weighted by molar-refractivity contribution is 5.98. The van der Waals surface area contributed by atoms with E-state index in [-0.39, 0.29) is 22.0 Å². The maximum absolute atomic E-state index is 12.2. The van der Waals surface area contributed by atoms with Crippen LogP contribution in [0.15, 0.2) is 176 Å². The van der Waals surface area contributed by atoms with Gasteiger partial charge in [0.1, 0.15) is 11.6 Å². The third-order valence-corrected chi connectivity index (χ3v) is 12.4. The van der Waals surface area contributed by atoms with Crippen molar-refractivity contribution < 1.29 is 5.11 Å². The summed E-state index contributed by atoms with van der Waals surface area (Å²) in [6, 6.07) is 60.4. The van der Waals surface area contributed by atoms with Crippen molar-refractivity contribution in [3.05, 3.63) is 193 Å². The molecular weight excluding hydrogens is 779 g/mol. The number of hydrogen-bond acceptors (Lipinski definition) is 3. The molecule has 2 heterocycles. The normalized spacial score (nSPS) is 12.2. The van der Waals surface area contributed by atoms with E-state index < -0.39 is 0 Å². The molecule has 0 aliphatic carbocycles. The van der Waals surface area contributed by atoms with Crippen LogP contribution in [-0.2, 0) is 16.2 Å². The van der Waals surface area contributed by atoms with Crippen LogP contribution >= 0.6 is 0 Å². The average molecular weight is 836 g/mol. The minimum absolute atomic E-state index is 0.0640. The molecule has 0 spiro atoms. The lowest BCUT2D eigenvalue weighted by molar-refractivity contribution is 0.448. The van der Waals surface area contributed by atoms with Crippen molar-refractivity contribution >= 4 is 11.0 Å². The first-order valence-corrected chi connectivity index (χ1v) is 22.4. The molecule has 0 bridgehead atoms. The molecule has 0 amide bonds. The van der Waals surface area contributed by atoms with Crippen LogP contribution < -0.4 is 0 Å². The maximum atomic E-state index is 12.2. The quantitative estimate of drug-likeness (QED) is 0.174. The number of hydrogen-bond donors (Lipinski definition) is 1. The molecule has 0 fully saturated rings. The van der Waals surface area contributed by atoms with Gasteiger partial charge in [-0.05, 0) is 115 Å². The van der Waals surface area contributed by atoms with E-state index in [1.165, 1.54) is 22.3 Å². The van der Waals surface area contributed by atoms with Crippen LogP contribution in [0, 0.1) is 0 Å². The Morgan fingerprint density at radius 2 is 1.02 bits per heavy atom. The first kappa shape index (κ1) is 42.3. The summed E-state index contributed by atoms with van der Waals surface area (Å²) >= 11 is 0. The Kier molecular flexibility index (Phi) is 10.7. The highest BCUT2D eigenvalue weighted by atomic mass is 16.3. The molecule has 0 radical (unpaired) electrons. The Morgan fingerprint density at radius 1 is 0.422 bits per heavy atom. The van der Waals surface area contributed by atoms with Crippen molar-refractivity contribution in [2.45, 2.75) is 78.6 Å². The number of nitrogens with zero attached hydrogens (tertiary/aromatic N) is 3. The van der Waals surface area contributed by atoms with Gasteiger partial charge < -0.3 is 5.11 Å². The molecule has 2 aromatic heterocycles. The van der Waals surface area contributed by atoms with Crippen LogP contribution in [0.1, 0.15) is 79.0 Å². The molecule has 9 rings (SSSR count). The topological polar surface area (TPSA) is 50.9 Å². The summed E-state index contributed by atoms with van der Waals surface area (Å²) in [5, 5.41) is 12.2. The minimum Gasteiger partial charge on any atom is -0.507 e. The molecule has 64 heavy (non-hydrogen) atoms. The molecule has 0 aliphatic rings. The van der Waals surface area contributed by atoms with Gasteiger partial charge in [0.05, 0.1) is 28.0 Å². The van der Waals surface area contributed by atoms with Crippen molar-refractivity contribution in [2.75, 3.05) is 0 Å². The average Bonchev–Trinajstić information content (AvgIpc) is 3.68. The van der Waals surface area contributed by atoms with Crippen LogP contribution in [-0.4, -0.2) is 19.6 Å². The smallest absolute Gasteiger partial charge is 0.149 e. The van der Waals surface area contributed by atoms with Gasteiger partial charge in [0, 0.05) is 22.9 Å². The third-order valence-electron chi connectivity index (χ3n) is 12.4. The number of pyridine rings is 1. The Labute approximate surface area is 379 Å². The monoisotopic (exact) mass is 835 g/mol. The summed E-state index contributed by atoms with van der Waals surface area (Å²) in [5.74, 6) is 0.935. The second kappa shape index (κ2) is 16.3. The number of rotatable bonds is 7. The Morgan fingerprint density at radius 3 is 1.67 bits per heavy atom. The molecule has 318 valence electrons. The van der Waals surface area contributed by atoms with Crippen molar-refractivity contribution in [3.8, 4) is 78.6 Å². The van der Waals surface area contributed by atoms with Gasteiger partial charge in [-0.1, -0.05) is 184 Å². The molecule has 1 N–H and O–H groups in total. The van der Waals surface area contributed by atoms with E-state index in [1.54, 1.807) is 0 Å². The fourth-order valence-corrected chi connectivity index (χ4v) is 8.75. The zero-order valence-corrected chi connectivity index (χ0v) is 38.5. The molecule has 0 aliphatic heterocycles. The van der Waals surface area contributed by atoms with E-state index in [0.717, 1.165) is 66.9 Å². The van der Waals surface area contributed by atoms with Crippen LogP contribution in [0.5, 0.6) is 5.75 Å². The van der Waals surface area contributed by atoms with Gasteiger partial charge in [0.2, 0.25) is 0 Å². The zero-order chi connectivity index (χ0) is 45.0. The van der Waals surface area contributed by atoms with Gasteiger partial charge in [-0.25, -0.2) is 4.98 Å². The van der Waals surface area contributed by atoms with Gasteiger partial charge in [-0.3, -0.25) is 9.55 Å². The van der Waals surface area contributed by atoms with Crippen LogP contribution in [0.3, 0.4) is 0 Å². The maximum Gasteiger partial charge on any atom is 0.149 e. The minimum atomic E-state index is -0.285. The number of phenolic OH excluding ortho intramolecular Hbond substituents is 1. The van der Waals surface area contributed by atoms with Gasteiger partial charge >= 0.3 is 0 Å². The van der Waals surface area contributed by atoms with E-state index in [2.05, 4.69) is 212 Å². The van der Waals surface area contributed by atoms with Gasteiger partial charge in [-0.2, -0.15) is 0 Å². The van der Waals surface area contributed by atoms with E-state index in [9.17, 15) is 5.11 Å². The lowest BCUT2D eigenvalue weighted by Gasteiger charge is -2.24. The predicted octanol–water partition coefficient (Wildman–Crippen LogP) is 16.0. The number of aromatic hydroxyl groups is 1. The molecule has 0 unspecified atom stereocenters. The summed E-state index contributed by atoms with van der Waals surface area (Å²) in [4.78, 5) is 10.6. The lowest BCUT2D eigenvalue weighted by Crippen LogP contribution is -2.12. The summed E-state index contributed by atoms with van der Waals surface area (Å²) in [7, 11) is 0. The highest BCUT2D eigenvalue weighted by Gasteiger charge is 2.27. The van der Waals surface area contributed by atoms with E-state index >= 15 is 0 Å². The van der Waals surface area contributed by atoms with Crippen LogP contribution in [0.4, 0.5) is 0 Å². The molecule has 0 saturated heterocycles. The third kappa shape index (κ3) is 8.17. The fourth-order valence-electron chi connectivity index (χ4n) is 8.75. The Balaban J connectivity index is 1.26. The SMILES string of the molecule is CC(C)(C)c1cc(-c2cc(-c3ccc(-c4ccccc4)cc3)ccn2)cc(-c2cccc3c2nc(-c2cccc(C(C)(C)C)c2O)n3-c2ccc(C(C)(C)C)cc2-c2ccccc2)c1. The molecule has 7 aromatic carbocycles. The number of fused-ring (bicyclic) bond motifs is 1. The standard InChI is InChI=1S/C60H57N3O/c1-58(2,3)46-30-31-53(50(38-46)42-20-14-11-15-21-42)63-54-25-17-22-48(55(54)62-57(63)49-23-16-24-51(56(49)64)60(7,8)9)44-34-45(36-47(35-44)59(4,5)6)52-37-43(32-33-61-52)41-28-26-40(27-29-41)39-18-12-10-13-19-39/h10-38,64H,1-9H3. The van der Waals surface area contributed by atoms with Gasteiger partial charge in [-0.15, -0.1) is 0 Å². The van der Waals surface area contributed by atoms with Gasteiger partial charge in [0.15, 0.2) is 0 Å². The van der Waals surface area contributed by atoms with Crippen LogP contribution in [0.2, 0.25) is 0 Å². The number of benzene rings is 7. The van der Waals surface area contributed by atoms with Gasteiger partial charge in [0.25, 0.3) is 0 Å². The van der Waals surface area contributed by atoms with E-state index in [0.29, 0.717) is 11.4 Å². The molecular formula is C60H57N3O. The highest BCUT2D eigenvalue weighted by Crippen LogP contribution is 2.44. The number of phenols is 1. The molecule has 4 nitrogen and oxygen atoms in total. The molecule has 9 aromatic rings. The number of aromatic nitrogens is 3. The summed E-state index contributed by atoms with van der Waals surface area (Å²) in [5.41, 5.74) is 17.2. The van der Waals surface area contributed by atoms with E-state index in [4.69, 9.17) is 9.97 Å². The van der Waals surface area contributed by atoms with Crippen molar-refractivity contribution in [2.24, 2.45) is 0 Å². The summed E-state index contributed by atoms with van der Waals surface area (Å²) < 4.78 is 2.26. The zero-order valence-electron chi connectivity index (χ0n) is 38.5. The number of para-hydroxylation sites is 2. The molecule has 0 saturated carbocycles. The summed E-state index contributed by atoms with van der Waals surface area (Å²) in [6.07, 6.45) is 1.92.